The van der Waals surface area contributed by atoms with Crippen molar-refractivity contribution in [3.63, 3.8) is 0 Å². The van der Waals surface area contributed by atoms with Crippen LogP contribution in [-0.2, 0) is 4.79 Å². The zero-order valence-corrected chi connectivity index (χ0v) is 10.3. The van der Waals surface area contributed by atoms with Gasteiger partial charge in [-0.25, -0.2) is 0 Å². The van der Waals surface area contributed by atoms with E-state index >= 15 is 0 Å². The Balaban J connectivity index is 3.78. The van der Waals surface area contributed by atoms with E-state index in [2.05, 4.69) is 11.8 Å². The number of amides is 1. The van der Waals surface area contributed by atoms with Crippen molar-refractivity contribution in [3.05, 3.63) is 0 Å². The fraction of sp³-hybridized carbons (Fsp3) is 0.909. The van der Waals surface area contributed by atoms with Crippen molar-refractivity contribution in [2.24, 2.45) is 5.73 Å². The summed E-state index contributed by atoms with van der Waals surface area (Å²) >= 11 is 0. The highest BCUT2D eigenvalue weighted by molar-refractivity contribution is 5.75. The number of unbranched alkanes of at least 4 members (excludes halogenated alkanes) is 1. The van der Waals surface area contributed by atoms with E-state index in [0.717, 1.165) is 19.6 Å². The molecular formula is C11H25N3O. The lowest BCUT2D eigenvalue weighted by molar-refractivity contribution is -0.129. The van der Waals surface area contributed by atoms with Crippen molar-refractivity contribution >= 4 is 5.91 Å². The lowest BCUT2D eigenvalue weighted by Gasteiger charge is -2.21. The average molecular weight is 215 g/mol. The summed E-state index contributed by atoms with van der Waals surface area (Å²) in [7, 11) is 3.59. The quantitative estimate of drug-likeness (QED) is 0.642. The van der Waals surface area contributed by atoms with E-state index in [4.69, 9.17) is 5.73 Å². The van der Waals surface area contributed by atoms with E-state index in [1.807, 2.05) is 0 Å². The summed E-state index contributed by atoms with van der Waals surface area (Å²) in [4.78, 5) is 15.3. The summed E-state index contributed by atoms with van der Waals surface area (Å²) in [5.41, 5.74) is 5.53. The SMILES string of the molecule is CCCCN(CCN)CCC(=O)N(C)C. The highest BCUT2D eigenvalue weighted by Gasteiger charge is 2.08. The molecular weight excluding hydrogens is 190 g/mol. The Hall–Kier alpha value is -0.610. The van der Waals surface area contributed by atoms with Crippen LogP contribution in [0.15, 0.2) is 0 Å². The second kappa shape index (κ2) is 8.68. The van der Waals surface area contributed by atoms with Gasteiger partial charge in [0, 0.05) is 40.2 Å². The predicted molar refractivity (Wildman–Crippen MR) is 63.7 cm³/mol. The third-order valence-electron chi connectivity index (χ3n) is 2.41. The Kier molecular flexibility index (Phi) is 8.33. The van der Waals surface area contributed by atoms with Gasteiger partial charge in [0.25, 0.3) is 0 Å². The van der Waals surface area contributed by atoms with Gasteiger partial charge in [0.1, 0.15) is 0 Å². The summed E-state index contributed by atoms with van der Waals surface area (Å²) in [5.74, 6) is 0.188. The average Bonchev–Trinajstić information content (AvgIpc) is 2.21. The molecule has 0 aliphatic heterocycles. The summed E-state index contributed by atoms with van der Waals surface area (Å²) < 4.78 is 0. The van der Waals surface area contributed by atoms with Crippen LogP contribution in [0.3, 0.4) is 0 Å². The molecule has 4 nitrogen and oxygen atoms in total. The van der Waals surface area contributed by atoms with Crippen LogP contribution in [0.5, 0.6) is 0 Å². The number of nitrogens with zero attached hydrogens (tertiary/aromatic N) is 2. The molecule has 0 saturated carbocycles. The van der Waals surface area contributed by atoms with Gasteiger partial charge < -0.3 is 15.5 Å². The normalized spacial score (nSPS) is 10.7. The van der Waals surface area contributed by atoms with Crippen molar-refractivity contribution in [1.29, 1.82) is 0 Å². The number of carbonyl (C=O) groups is 1. The predicted octanol–water partition coefficient (Wildman–Crippen LogP) is 0.526. The molecule has 0 aliphatic carbocycles. The van der Waals surface area contributed by atoms with Crippen LogP contribution in [0.2, 0.25) is 0 Å². The minimum atomic E-state index is 0.188. The first-order chi connectivity index (χ1) is 7.11. The van der Waals surface area contributed by atoms with Crippen LogP contribution in [0.1, 0.15) is 26.2 Å². The first-order valence-electron chi connectivity index (χ1n) is 5.74. The molecule has 15 heavy (non-hydrogen) atoms. The Morgan fingerprint density at radius 1 is 1.20 bits per heavy atom. The van der Waals surface area contributed by atoms with E-state index < -0.39 is 0 Å². The van der Waals surface area contributed by atoms with Crippen molar-refractivity contribution in [3.8, 4) is 0 Å². The smallest absolute Gasteiger partial charge is 0.223 e. The maximum atomic E-state index is 11.4. The van der Waals surface area contributed by atoms with Gasteiger partial charge >= 0.3 is 0 Å². The molecule has 0 aliphatic rings. The molecule has 90 valence electrons. The first kappa shape index (κ1) is 14.4. The van der Waals surface area contributed by atoms with Crippen molar-refractivity contribution in [2.75, 3.05) is 40.3 Å². The lowest BCUT2D eigenvalue weighted by atomic mass is 10.3. The molecule has 0 aromatic rings. The third-order valence-corrected chi connectivity index (χ3v) is 2.41. The molecule has 0 bridgehead atoms. The number of carbonyl (C=O) groups excluding carboxylic acids is 1. The number of nitrogens with two attached hydrogens (primary N) is 1. The fourth-order valence-corrected chi connectivity index (χ4v) is 1.38. The third kappa shape index (κ3) is 7.33. The van der Waals surface area contributed by atoms with Gasteiger partial charge in [-0.3, -0.25) is 4.79 Å². The molecule has 1 amide bonds. The van der Waals surface area contributed by atoms with E-state index in [-0.39, 0.29) is 5.91 Å². The molecule has 0 atom stereocenters. The topological polar surface area (TPSA) is 49.6 Å². The Morgan fingerprint density at radius 2 is 1.87 bits per heavy atom. The zero-order chi connectivity index (χ0) is 11.7. The zero-order valence-electron chi connectivity index (χ0n) is 10.3. The highest BCUT2D eigenvalue weighted by Crippen LogP contribution is 1.97. The molecule has 0 aromatic carbocycles. The van der Waals surface area contributed by atoms with Gasteiger partial charge in [0.2, 0.25) is 5.91 Å². The van der Waals surface area contributed by atoms with Crippen LogP contribution in [0.4, 0.5) is 0 Å². The molecule has 0 rings (SSSR count). The Morgan fingerprint density at radius 3 is 2.33 bits per heavy atom. The second-order valence-corrected chi connectivity index (χ2v) is 4.02. The van der Waals surface area contributed by atoms with Crippen LogP contribution in [0.25, 0.3) is 0 Å². The number of rotatable bonds is 8. The van der Waals surface area contributed by atoms with Gasteiger partial charge in [-0.15, -0.1) is 0 Å². The first-order valence-corrected chi connectivity index (χ1v) is 5.74. The largest absolute Gasteiger partial charge is 0.349 e. The van der Waals surface area contributed by atoms with Crippen LogP contribution in [0, 0.1) is 0 Å². The van der Waals surface area contributed by atoms with Gasteiger partial charge in [-0.1, -0.05) is 13.3 Å². The van der Waals surface area contributed by atoms with Gasteiger partial charge in [-0.05, 0) is 13.0 Å². The van der Waals surface area contributed by atoms with Crippen LogP contribution in [-0.4, -0.2) is 56.0 Å². The summed E-state index contributed by atoms with van der Waals surface area (Å²) in [6.45, 7) is 5.61. The fourth-order valence-electron chi connectivity index (χ4n) is 1.38. The van der Waals surface area contributed by atoms with E-state index in [1.54, 1.807) is 19.0 Å². The maximum Gasteiger partial charge on any atom is 0.223 e. The number of hydrogen-bond acceptors (Lipinski definition) is 3. The van der Waals surface area contributed by atoms with Crippen molar-refractivity contribution in [2.45, 2.75) is 26.2 Å². The summed E-state index contributed by atoms with van der Waals surface area (Å²) in [5, 5.41) is 0. The van der Waals surface area contributed by atoms with E-state index in [0.29, 0.717) is 13.0 Å². The van der Waals surface area contributed by atoms with Gasteiger partial charge in [-0.2, -0.15) is 0 Å². The Labute approximate surface area is 93.4 Å². The van der Waals surface area contributed by atoms with Gasteiger partial charge in [0.05, 0.1) is 0 Å². The molecule has 4 heteroatoms. The standard InChI is InChI=1S/C11H25N3O/c1-4-5-8-14(10-7-12)9-6-11(15)13(2)3/h4-10,12H2,1-3H3. The van der Waals surface area contributed by atoms with Gasteiger partial charge in [0.15, 0.2) is 0 Å². The molecule has 0 fully saturated rings. The molecule has 0 saturated heterocycles. The molecule has 0 heterocycles. The minimum Gasteiger partial charge on any atom is -0.349 e. The van der Waals surface area contributed by atoms with E-state index in [1.165, 1.54) is 12.8 Å². The van der Waals surface area contributed by atoms with Crippen molar-refractivity contribution < 1.29 is 4.79 Å². The van der Waals surface area contributed by atoms with Crippen molar-refractivity contribution in [1.82, 2.24) is 9.80 Å². The van der Waals surface area contributed by atoms with Crippen LogP contribution >= 0.6 is 0 Å². The Bertz CT molecular complexity index is 171. The van der Waals surface area contributed by atoms with Crippen LogP contribution < -0.4 is 5.73 Å². The second-order valence-electron chi connectivity index (χ2n) is 4.02. The summed E-state index contributed by atoms with van der Waals surface area (Å²) in [6.07, 6.45) is 2.95. The molecule has 0 unspecified atom stereocenters. The molecule has 0 aromatic heterocycles. The minimum absolute atomic E-state index is 0.188. The molecule has 2 N–H and O–H groups in total. The van der Waals surface area contributed by atoms with E-state index in [9.17, 15) is 4.79 Å². The molecule has 0 radical (unpaired) electrons. The highest BCUT2D eigenvalue weighted by atomic mass is 16.2. The monoisotopic (exact) mass is 215 g/mol. The summed E-state index contributed by atoms with van der Waals surface area (Å²) in [6, 6.07) is 0. The molecule has 0 spiro atoms. The maximum absolute atomic E-state index is 11.4. The number of hydrogen-bond donors (Lipinski definition) is 1. The lowest BCUT2D eigenvalue weighted by Crippen LogP contribution is -2.34.